The van der Waals surface area contributed by atoms with Gasteiger partial charge < -0.3 is 15.1 Å². The highest BCUT2D eigenvalue weighted by atomic mass is 127. The Balaban J connectivity index is 0.00000261. The number of nitrogens with zero attached hydrogens (tertiary/aromatic N) is 4. The van der Waals surface area contributed by atoms with Gasteiger partial charge >= 0.3 is 0 Å². The number of piperazine rings is 1. The van der Waals surface area contributed by atoms with Gasteiger partial charge in [-0.1, -0.05) is 35.9 Å². The molecule has 0 spiro atoms. The molecule has 0 bridgehead atoms. The monoisotopic (exact) mass is 495 g/mol. The molecule has 0 atom stereocenters. The molecule has 0 aliphatic carbocycles. The summed E-state index contributed by atoms with van der Waals surface area (Å²) in [6, 6.07) is 17.7. The zero-order chi connectivity index (χ0) is 18.4. The number of aliphatic imine (C=N–C) groups is 1. The van der Waals surface area contributed by atoms with E-state index in [4.69, 9.17) is 16.9 Å². The van der Waals surface area contributed by atoms with Crippen LogP contribution in [0.15, 0.2) is 53.5 Å². The van der Waals surface area contributed by atoms with Crippen molar-refractivity contribution in [3.63, 3.8) is 0 Å². The van der Waals surface area contributed by atoms with Crippen LogP contribution in [-0.2, 0) is 6.54 Å². The molecule has 1 N–H and O–H groups in total. The van der Waals surface area contributed by atoms with Crippen LogP contribution >= 0.6 is 35.6 Å². The second kappa shape index (κ2) is 10.4. The highest BCUT2D eigenvalue weighted by Gasteiger charge is 2.20. The van der Waals surface area contributed by atoms with Gasteiger partial charge in [0.15, 0.2) is 5.96 Å². The molecule has 1 fully saturated rings. The van der Waals surface area contributed by atoms with Gasteiger partial charge in [-0.3, -0.25) is 4.99 Å². The van der Waals surface area contributed by atoms with Crippen molar-refractivity contribution >= 4 is 47.2 Å². The molecule has 0 radical (unpaired) electrons. The molecule has 7 heteroatoms. The molecule has 0 unspecified atom stereocenters. The second-order valence-electron chi connectivity index (χ2n) is 6.14. The molecule has 3 rings (SSSR count). The molecule has 0 saturated carbocycles. The maximum absolute atomic E-state index is 8.87. The van der Waals surface area contributed by atoms with Crippen molar-refractivity contribution in [2.75, 3.05) is 38.1 Å². The van der Waals surface area contributed by atoms with Crippen LogP contribution in [0, 0.1) is 11.3 Å². The molecule has 1 heterocycles. The maximum atomic E-state index is 8.87. The van der Waals surface area contributed by atoms with E-state index < -0.39 is 0 Å². The minimum atomic E-state index is 0. The molecule has 2 aromatic carbocycles. The van der Waals surface area contributed by atoms with Crippen LogP contribution in [0.4, 0.5) is 5.69 Å². The van der Waals surface area contributed by atoms with Crippen molar-refractivity contribution < 1.29 is 0 Å². The zero-order valence-electron chi connectivity index (χ0n) is 15.2. The fourth-order valence-electron chi connectivity index (χ4n) is 3.08. The van der Waals surface area contributed by atoms with Crippen molar-refractivity contribution in [2.45, 2.75) is 6.54 Å². The van der Waals surface area contributed by atoms with E-state index in [-0.39, 0.29) is 24.0 Å². The van der Waals surface area contributed by atoms with E-state index in [1.165, 1.54) is 0 Å². The van der Waals surface area contributed by atoms with Crippen molar-refractivity contribution in [3.05, 3.63) is 64.7 Å². The molecule has 1 saturated heterocycles. The van der Waals surface area contributed by atoms with E-state index in [1.807, 2.05) is 49.5 Å². The third-order valence-electron chi connectivity index (χ3n) is 4.52. The molecule has 1 aliphatic heterocycles. The summed E-state index contributed by atoms with van der Waals surface area (Å²) in [4.78, 5) is 8.98. The van der Waals surface area contributed by atoms with Crippen LogP contribution in [-0.4, -0.2) is 44.1 Å². The lowest BCUT2D eigenvalue weighted by Gasteiger charge is -2.38. The fourth-order valence-corrected chi connectivity index (χ4v) is 3.33. The van der Waals surface area contributed by atoms with Gasteiger partial charge in [-0.05, 0) is 29.8 Å². The summed E-state index contributed by atoms with van der Waals surface area (Å²) in [5.74, 6) is 0.896. The first-order valence-electron chi connectivity index (χ1n) is 8.65. The zero-order valence-corrected chi connectivity index (χ0v) is 18.3. The first-order valence-corrected chi connectivity index (χ1v) is 9.03. The van der Waals surface area contributed by atoms with Crippen LogP contribution in [0.2, 0.25) is 5.02 Å². The minimum Gasteiger partial charge on any atom is -0.367 e. The number of nitrogens with one attached hydrogen (secondary N) is 1. The normalized spacial score (nSPS) is 14.3. The Morgan fingerprint density at radius 2 is 1.78 bits per heavy atom. The molecule has 142 valence electrons. The summed E-state index contributed by atoms with van der Waals surface area (Å²) in [7, 11) is 1.81. The smallest absolute Gasteiger partial charge is 0.194 e. The van der Waals surface area contributed by atoms with Crippen molar-refractivity contribution in [2.24, 2.45) is 4.99 Å². The molecule has 0 aromatic heterocycles. The number of halogens is 2. The third kappa shape index (κ3) is 5.50. The van der Waals surface area contributed by atoms with Crippen molar-refractivity contribution in [1.82, 2.24) is 10.2 Å². The Bertz CT molecular complexity index is 808. The lowest BCUT2D eigenvalue weighted by molar-refractivity contribution is 0.372. The van der Waals surface area contributed by atoms with E-state index in [0.29, 0.717) is 12.1 Å². The average Bonchev–Trinajstić information content (AvgIpc) is 2.70. The van der Waals surface area contributed by atoms with Gasteiger partial charge in [0.2, 0.25) is 0 Å². The van der Waals surface area contributed by atoms with Crippen molar-refractivity contribution in [1.29, 1.82) is 5.26 Å². The van der Waals surface area contributed by atoms with E-state index in [0.717, 1.165) is 48.4 Å². The van der Waals surface area contributed by atoms with Crippen molar-refractivity contribution in [3.8, 4) is 6.07 Å². The van der Waals surface area contributed by atoms with Gasteiger partial charge in [-0.2, -0.15) is 5.26 Å². The fraction of sp³-hybridized carbons (Fsp3) is 0.300. The minimum absolute atomic E-state index is 0. The van der Waals surface area contributed by atoms with Gasteiger partial charge in [-0.25, -0.2) is 0 Å². The maximum Gasteiger partial charge on any atom is 0.194 e. The summed E-state index contributed by atoms with van der Waals surface area (Å²) >= 11 is 6.31. The Kier molecular flexibility index (Phi) is 8.20. The van der Waals surface area contributed by atoms with Gasteiger partial charge in [-0.15, -0.1) is 24.0 Å². The van der Waals surface area contributed by atoms with Gasteiger partial charge in [0.25, 0.3) is 0 Å². The van der Waals surface area contributed by atoms with E-state index in [9.17, 15) is 0 Å². The van der Waals surface area contributed by atoms with E-state index in [1.54, 1.807) is 0 Å². The summed E-state index contributed by atoms with van der Waals surface area (Å²) in [5, 5.41) is 13.1. The van der Waals surface area contributed by atoms with Gasteiger partial charge in [0, 0.05) is 39.8 Å². The summed E-state index contributed by atoms with van der Waals surface area (Å²) in [6.07, 6.45) is 0. The van der Waals surface area contributed by atoms with Crippen LogP contribution in [0.25, 0.3) is 0 Å². The average molecular weight is 496 g/mol. The number of benzene rings is 2. The third-order valence-corrected chi connectivity index (χ3v) is 4.84. The predicted molar refractivity (Wildman–Crippen MR) is 122 cm³/mol. The number of anilines is 1. The Morgan fingerprint density at radius 3 is 2.37 bits per heavy atom. The molecule has 1 aliphatic rings. The number of rotatable bonds is 3. The Morgan fingerprint density at radius 1 is 1.11 bits per heavy atom. The molecular formula is C20H23ClIN5. The number of hydrogen-bond acceptors (Lipinski definition) is 3. The number of nitriles is 1. The highest BCUT2D eigenvalue weighted by molar-refractivity contribution is 14.0. The molecule has 5 nitrogen and oxygen atoms in total. The molecular weight excluding hydrogens is 473 g/mol. The molecule has 27 heavy (non-hydrogen) atoms. The summed E-state index contributed by atoms with van der Waals surface area (Å²) in [6.45, 7) is 4.27. The standard InChI is InChI=1S/C20H22ClN5.HI/c1-23-20(24-15-17-8-6-16(14-22)7-9-17)26-12-10-25(11-13-26)19-5-3-2-4-18(19)21;/h2-9H,10-13,15H2,1H3,(H,23,24);1H. The van der Waals surface area contributed by atoms with Crippen LogP contribution in [0.5, 0.6) is 0 Å². The van der Waals surface area contributed by atoms with Crippen LogP contribution < -0.4 is 10.2 Å². The molecule has 0 amide bonds. The van der Waals surface area contributed by atoms with Crippen LogP contribution in [0.3, 0.4) is 0 Å². The first kappa shape index (κ1) is 21.3. The number of para-hydroxylation sites is 1. The van der Waals surface area contributed by atoms with Gasteiger partial charge in [0.05, 0.1) is 22.3 Å². The lowest BCUT2D eigenvalue weighted by atomic mass is 10.1. The number of guanidine groups is 1. The van der Waals surface area contributed by atoms with E-state index in [2.05, 4.69) is 32.2 Å². The SMILES string of the molecule is CN=C(NCc1ccc(C#N)cc1)N1CCN(c2ccccc2Cl)CC1.I. The Labute approximate surface area is 182 Å². The predicted octanol–water partition coefficient (Wildman–Crippen LogP) is 3.73. The first-order chi connectivity index (χ1) is 12.7. The quantitative estimate of drug-likeness (QED) is 0.401. The lowest BCUT2D eigenvalue weighted by Crippen LogP contribution is -2.52. The topological polar surface area (TPSA) is 54.7 Å². The number of hydrogen-bond donors (Lipinski definition) is 1. The van der Waals surface area contributed by atoms with E-state index >= 15 is 0 Å². The summed E-state index contributed by atoms with van der Waals surface area (Å²) < 4.78 is 0. The Hall–Kier alpha value is -1.98. The summed E-state index contributed by atoms with van der Waals surface area (Å²) in [5.41, 5.74) is 2.89. The van der Waals surface area contributed by atoms with Gasteiger partial charge in [0.1, 0.15) is 0 Å². The largest absolute Gasteiger partial charge is 0.367 e. The highest BCUT2D eigenvalue weighted by Crippen LogP contribution is 2.26. The second-order valence-corrected chi connectivity index (χ2v) is 6.54. The van der Waals surface area contributed by atoms with Crippen LogP contribution in [0.1, 0.15) is 11.1 Å². The molecule has 2 aromatic rings.